The van der Waals surface area contributed by atoms with E-state index in [1.807, 2.05) is 53.7 Å². The van der Waals surface area contributed by atoms with Crippen LogP contribution in [0.3, 0.4) is 0 Å². The molecule has 0 aliphatic heterocycles. The molecule has 2 rings (SSSR count). The minimum absolute atomic E-state index is 0.00822. The molecule has 0 fully saturated rings. The lowest BCUT2D eigenvalue weighted by Gasteiger charge is -2.22. The van der Waals surface area contributed by atoms with Crippen LogP contribution < -0.4 is 24.3 Å². The number of ether oxygens (including phenoxy) is 4. The zero-order chi connectivity index (χ0) is 22.4. The van der Waals surface area contributed by atoms with Crippen molar-refractivity contribution in [2.75, 3.05) is 7.11 Å². The lowest BCUT2D eigenvalue weighted by atomic mass is 10.2. The van der Waals surface area contributed by atoms with Gasteiger partial charge in [-0.1, -0.05) is 17.7 Å². The van der Waals surface area contributed by atoms with E-state index in [1.165, 1.54) is 7.11 Å². The number of carbonyl (C=O) groups excluding carboxylic acids is 1. The maximum Gasteiger partial charge on any atom is 0.191 e. The summed E-state index contributed by atoms with van der Waals surface area (Å²) in [4.78, 5) is 13.3. The van der Waals surface area contributed by atoms with Gasteiger partial charge in [0.2, 0.25) is 0 Å². The Hall–Kier alpha value is -1.97. The molecule has 0 aliphatic carbocycles. The van der Waals surface area contributed by atoms with Gasteiger partial charge in [0, 0.05) is 12.1 Å². The van der Waals surface area contributed by atoms with Crippen molar-refractivity contribution >= 4 is 31.0 Å². The van der Waals surface area contributed by atoms with E-state index in [-0.39, 0.29) is 32.4 Å². The maximum atomic E-state index is 13.3. The van der Waals surface area contributed by atoms with E-state index in [1.54, 1.807) is 18.2 Å². The highest BCUT2D eigenvalue weighted by atomic mass is 35.5. The molecular weight excluding hydrogens is 423 g/mol. The Morgan fingerprint density at radius 2 is 1.40 bits per heavy atom. The fourth-order valence-electron chi connectivity index (χ4n) is 2.79. The Morgan fingerprint density at radius 1 is 0.867 bits per heavy atom. The van der Waals surface area contributed by atoms with E-state index >= 15 is 0 Å². The first-order valence-corrected chi connectivity index (χ1v) is 11.3. The van der Waals surface area contributed by atoms with Crippen LogP contribution in [0, 0.1) is 0 Å². The first kappa shape index (κ1) is 24.3. The van der Waals surface area contributed by atoms with Gasteiger partial charge >= 0.3 is 0 Å². The molecule has 0 aromatic heterocycles. The predicted octanol–water partition coefficient (Wildman–Crippen LogP) is 5.85. The molecule has 30 heavy (non-hydrogen) atoms. The maximum absolute atomic E-state index is 13.3. The molecule has 2 aromatic carbocycles. The zero-order valence-electron chi connectivity index (χ0n) is 18.5. The molecule has 0 aliphatic rings. The van der Waals surface area contributed by atoms with Crippen LogP contribution in [0.1, 0.15) is 51.9 Å². The van der Waals surface area contributed by atoms with E-state index in [2.05, 4.69) is 0 Å². The molecule has 1 atom stereocenters. The number of halogens is 1. The minimum Gasteiger partial charge on any atom is -0.496 e. The summed E-state index contributed by atoms with van der Waals surface area (Å²) in [5.41, 5.74) is 0.200. The van der Waals surface area contributed by atoms with Crippen LogP contribution in [-0.2, 0) is 0 Å². The van der Waals surface area contributed by atoms with Crippen molar-refractivity contribution < 1.29 is 23.7 Å². The van der Waals surface area contributed by atoms with Crippen LogP contribution in [0.15, 0.2) is 30.3 Å². The van der Waals surface area contributed by atoms with Crippen LogP contribution in [0.25, 0.3) is 0 Å². The van der Waals surface area contributed by atoms with Crippen molar-refractivity contribution in [1.29, 1.82) is 0 Å². The fourth-order valence-corrected chi connectivity index (χ4v) is 4.24. The van der Waals surface area contributed by atoms with Gasteiger partial charge in [0.25, 0.3) is 0 Å². The lowest BCUT2D eigenvalue weighted by molar-refractivity contribution is 0.108. The Balaban J connectivity index is 2.56. The van der Waals surface area contributed by atoms with Gasteiger partial charge in [-0.15, -0.1) is 0 Å². The average molecular weight is 453 g/mol. The molecule has 2 aromatic rings. The first-order valence-electron chi connectivity index (χ1n) is 9.94. The molecule has 0 saturated heterocycles. The second kappa shape index (κ2) is 10.9. The molecule has 164 valence electrons. The molecule has 5 nitrogen and oxygen atoms in total. The van der Waals surface area contributed by atoms with Crippen molar-refractivity contribution in [2.24, 2.45) is 0 Å². The molecule has 0 N–H and O–H groups in total. The van der Waals surface area contributed by atoms with Crippen molar-refractivity contribution in [1.82, 2.24) is 0 Å². The molecular formula is C23H30ClO5P. The van der Waals surface area contributed by atoms with Crippen molar-refractivity contribution in [3.63, 3.8) is 0 Å². The molecule has 0 radical (unpaired) electrons. The fraction of sp³-hybridized carbons (Fsp3) is 0.435. The smallest absolute Gasteiger partial charge is 0.191 e. The van der Waals surface area contributed by atoms with Gasteiger partial charge < -0.3 is 18.9 Å². The average Bonchev–Trinajstić information content (AvgIpc) is 2.62. The highest BCUT2D eigenvalue weighted by Gasteiger charge is 2.23. The first-order chi connectivity index (χ1) is 14.1. The summed E-state index contributed by atoms with van der Waals surface area (Å²) in [5.74, 6) is 2.21. The van der Waals surface area contributed by atoms with Crippen LogP contribution in [0.4, 0.5) is 0 Å². The van der Waals surface area contributed by atoms with Gasteiger partial charge in [0.15, 0.2) is 5.52 Å². The van der Waals surface area contributed by atoms with E-state index < -0.39 is 0 Å². The van der Waals surface area contributed by atoms with Gasteiger partial charge in [0.05, 0.1) is 41.3 Å². The topological polar surface area (TPSA) is 54.0 Å². The molecule has 0 spiro atoms. The predicted molar refractivity (Wildman–Crippen MR) is 124 cm³/mol. The van der Waals surface area contributed by atoms with Crippen LogP contribution in [-0.4, -0.2) is 30.9 Å². The summed E-state index contributed by atoms with van der Waals surface area (Å²) in [7, 11) is 1.25. The van der Waals surface area contributed by atoms with Gasteiger partial charge in [-0.05, 0) is 62.3 Å². The second-order valence-electron chi connectivity index (χ2n) is 7.57. The van der Waals surface area contributed by atoms with Crippen molar-refractivity contribution in [2.45, 2.75) is 59.9 Å². The molecule has 0 saturated carbocycles. The van der Waals surface area contributed by atoms with Gasteiger partial charge in [-0.3, -0.25) is 4.79 Å². The molecule has 1 unspecified atom stereocenters. The highest BCUT2D eigenvalue weighted by molar-refractivity contribution is 7.66. The highest BCUT2D eigenvalue weighted by Crippen LogP contribution is 2.38. The summed E-state index contributed by atoms with van der Waals surface area (Å²) >= 11 is 6.32. The third-order valence-corrected chi connectivity index (χ3v) is 5.33. The van der Waals surface area contributed by atoms with Gasteiger partial charge in [-0.2, -0.15) is 0 Å². The summed E-state index contributed by atoms with van der Waals surface area (Å²) < 4.78 is 23.3. The third-order valence-electron chi connectivity index (χ3n) is 3.80. The lowest BCUT2D eigenvalue weighted by Crippen LogP contribution is -2.19. The minimum atomic E-state index is -0.268. The van der Waals surface area contributed by atoms with Crippen molar-refractivity contribution in [3.05, 3.63) is 40.9 Å². The van der Waals surface area contributed by atoms with E-state index in [4.69, 9.17) is 30.5 Å². The van der Waals surface area contributed by atoms with E-state index in [0.29, 0.717) is 38.9 Å². The van der Waals surface area contributed by atoms with Crippen LogP contribution in [0.2, 0.25) is 5.02 Å². The summed E-state index contributed by atoms with van der Waals surface area (Å²) in [5, 5.41) is 1.03. The number of hydrogen-bond acceptors (Lipinski definition) is 5. The van der Waals surface area contributed by atoms with Gasteiger partial charge in [0.1, 0.15) is 23.0 Å². The molecule has 0 heterocycles. The molecule has 0 amide bonds. The standard InChI is InChI=1S/C23H30ClO5P/c1-13(2)27-16-11-19(28-14(3)4)22(20(12-16)29-15(5)6)30-23(25)21-17(24)9-8-10-18(21)26-7/h8-15,30H,1-7H3. The quantitative estimate of drug-likeness (QED) is 0.423. The summed E-state index contributed by atoms with van der Waals surface area (Å²) in [6.45, 7) is 11.6. The van der Waals surface area contributed by atoms with Crippen molar-refractivity contribution in [3.8, 4) is 23.0 Å². The number of hydrogen-bond donors (Lipinski definition) is 0. The number of benzene rings is 2. The molecule has 7 heteroatoms. The number of carbonyl (C=O) groups is 1. The Labute approximate surface area is 185 Å². The van der Waals surface area contributed by atoms with E-state index in [9.17, 15) is 4.79 Å². The second-order valence-corrected chi connectivity index (χ2v) is 9.18. The SMILES string of the molecule is COc1cccc(Cl)c1C(=O)Pc1c(OC(C)C)cc(OC(C)C)cc1OC(C)C. The third kappa shape index (κ3) is 6.52. The number of rotatable bonds is 10. The molecule has 0 bridgehead atoms. The Morgan fingerprint density at radius 3 is 1.87 bits per heavy atom. The summed E-state index contributed by atoms with van der Waals surface area (Å²) in [6.07, 6.45) is -0.175. The van der Waals surface area contributed by atoms with Gasteiger partial charge in [-0.25, -0.2) is 0 Å². The van der Waals surface area contributed by atoms with Crippen LogP contribution >= 0.6 is 20.2 Å². The number of methoxy groups -OCH3 is 1. The zero-order valence-corrected chi connectivity index (χ0v) is 20.3. The monoisotopic (exact) mass is 452 g/mol. The largest absolute Gasteiger partial charge is 0.496 e. The Kier molecular flexibility index (Phi) is 8.81. The van der Waals surface area contributed by atoms with E-state index in [0.717, 1.165) is 0 Å². The normalized spacial score (nSPS) is 11.6. The summed E-state index contributed by atoms with van der Waals surface area (Å²) in [6, 6.07) is 8.78. The van der Waals surface area contributed by atoms with Crippen LogP contribution in [0.5, 0.6) is 23.0 Å². The Bertz CT molecular complexity index is 849.